The SMILES string of the molecule is Cc1cc(N)cnc1N(CCO)CC(F)F. The maximum absolute atomic E-state index is 12.3. The maximum Gasteiger partial charge on any atom is 0.255 e. The predicted molar refractivity (Wildman–Crippen MR) is 58.7 cm³/mol. The highest BCUT2D eigenvalue weighted by molar-refractivity contribution is 5.52. The number of aromatic nitrogens is 1. The fourth-order valence-electron chi connectivity index (χ4n) is 1.49. The molecule has 4 nitrogen and oxygen atoms in total. The van der Waals surface area contributed by atoms with E-state index in [4.69, 9.17) is 10.8 Å². The Morgan fingerprint density at radius 3 is 2.75 bits per heavy atom. The summed E-state index contributed by atoms with van der Waals surface area (Å²) in [6.45, 7) is 1.23. The topological polar surface area (TPSA) is 62.4 Å². The maximum atomic E-state index is 12.3. The molecule has 3 N–H and O–H groups in total. The highest BCUT2D eigenvalue weighted by atomic mass is 19.3. The number of hydrogen-bond acceptors (Lipinski definition) is 4. The summed E-state index contributed by atoms with van der Waals surface area (Å²) in [5, 5.41) is 8.82. The van der Waals surface area contributed by atoms with Crippen LogP contribution in [0.5, 0.6) is 0 Å². The van der Waals surface area contributed by atoms with Crippen LogP contribution >= 0.6 is 0 Å². The quantitative estimate of drug-likeness (QED) is 0.794. The van der Waals surface area contributed by atoms with Crippen molar-refractivity contribution in [2.75, 3.05) is 30.3 Å². The molecular formula is C10H15F2N3O. The fraction of sp³-hybridized carbons (Fsp3) is 0.500. The summed E-state index contributed by atoms with van der Waals surface area (Å²) in [7, 11) is 0. The van der Waals surface area contributed by atoms with E-state index in [0.717, 1.165) is 0 Å². The van der Waals surface area contributed by atoms with Crippen molar-refractivity contribution >= 4 is 11.5 Å². The van der Waals surface area contributed by atoms with Gasteiger partial charge in [0.1, 0.15) is 5.82 Å². The lowest BCUT2D eigenvalue weighted by atomic mass is 10.2. The van der Waals surface area contributed by atoms with Crippen LogP contribution in [0.4, 0.5) is 20.3 Å². The normalized spacial score (nSPS) is 10.8. The molecule has 1 aromatic heterocycles. The Morgan fingerprint density at radius 1 is 1.56 bits per heavy atom. The molecule has 0 saturated carbocycles. The Kier molecular flexibility index (Phi) is 4.42. The molecule has 0 atom stereocenters. The zero-order chi connectivity index (χ0) is 12.1. The molecule has 0 amide bonds. The molecule has 0 aliphatic heterocycles. The molecule has 0 spiro atoms. The molecule has 1 heterocycles. The fourth-order valence-corrected chi connectivity index (χ4v) is 1.49. The van der Waals surface area contributed by atoms with Crippen LogP contribution in [0.2, 0.25) is 0 Å². The van der Waals surface area contributed by atoms with Crippen LogP contribution in [0.3, 0.4) is 0 Å². The second kappa shape index (κ2) is 5.60. The van der Waals surface area contributed by atoms with E-state index >= 15 is 0 Å². The van der Waals surface area contributed by atoms with Gasteiger partial charge in [0.05, 0.1) is 25.0 Å². The smallest absolute Gasteiger partial charge is 0.255 e. The van der Waals surface area contributed by atoms with E-state index in [0.29, 0.717) is 17.1 Å². The summed E-state index contributed by atoms with van der Waals surface area (Å²) in [6, 6.07) is 1.66. The summed E-state index contributed by atoms with van der Waals surface area (Å²) in [6.07, 6.45) is -1.05. The molecule has 16 heavy (non-hydrogen) atoms. The molecule has 0 aromatic carbocycles. The van der Waals surface area contributed by atoms with Crippen LogP contribution in [0.1, 0.15) is 5.56 Å². The third kappa shape index (κ3) is 3.30. The van der Waals surface area contributed by atoms with E-state index in [1.807, 2.05) is 0 Å². The molecular weight excluding hydrogens is 216 g/mol. The summed E-state index contributed by atoms with van der Waals surface area (Å²) in [4.78, 5) is 5.35. The molecule has 0 aliphatic carbocycles. The van der Waals surface area contributed by atoms with Crippen molar-refractivity contribution in [1.29, 1.82) is 0 Å². The van der Waals surface area contributed by atoms with Crippen molar-refractivity contribution < 1.29 is 13.9 Å². The van der Waals surface area contributed by atoms with E-state index in [9.17, 15) is 8.78 Å². The number of nitrogens with two attached hydrogens (primary N) is 1. The van der Waals surface area contributed by atoms with Gasteiger partial charge in [0.15, 0.2) is 0 Å². The highest BCUT2D eigenvalue weighted by Crippen LogP contribution is 2.19. The number of nitrogen functional groups attached to an aromatic ring is 1. The molecule has 0 aliphatic rings. The second-order valence-electron chi connectivity index (χ2n) is 3.47. The van der Waals surface area contributed by atoms with Gasteiger partial charge in [-0.1, -0.05) is 0 Å². The minimum atomic E-state index is -2.47. The number of rotatable bonds is 5. The van der Waals surface area contributed by atoms with E-state index in [1.165, 1.54) is 11.1 Å². The highest BCUT2D eigenvalue weighted by Gasteiger charge is 2.15. The first-order valence-corrected chi connectivity index (χ1v) is 4.90. The van der Waals surface area contributed by atoms with Gasteiger partial charge in [0.25, 0.3) is 6.43 Å². The third-order valence-corrected chi connectivity index (χ3v) is 2.10. The summed E-state index contributed by atoms with van der Waals surface area (Å²) in [5.41, 5.74) is 6.73. The van der Waals surface area contributed by atoms with Gasteiger partial charge in [-0.05, 0) is 18.6 Å². The van der Waals surface area contributed by atoms with Crippen molar-refractivity contribution in [3.8, 4) is 0 Å². The summed E-state index contributed by atoms with van der Waals surface area (Å²) >= 11 is 0. The van der Waals surface area contributed by atoms with Crippen molar-refractivity contribution in [1.82, 2.24) is 4.98 Å². The first kappa shape index (κ1) is 12.6. The molecule has 6 heteroatoms. The minimum Gasteiger partial charge on any atom is -0.397 e. The molecule has 90 valence electrons. The Morgan fingerprint density at radius 2 is 2.25 bits per heavy atom. The first-order chi connectivity index (χ1) is 7.54. The number of alkyl halides is 2. The van der Waals surface area contributed by atoms with Crippen molar-refractivity contribution in [3.05, 3.63) is 17.8 Å². The van der Waals surface area contributed by atoms with Crippen LogP contribution < -0.4 is 10.6 Å². The summed E-state index contributed by atoms with van der Waals surface area (Å²) in [5.74, 6) is 0.434. The Bertz CT molecular complexity index is 347. The lowest BCUT2D eigenvalue weighted by Gasteiger charge is -2.23. The lowest BCUT2D eigenvalue weighted by molar-refractivity contribution is 0.152. The van der Waals surface area contributed by atoms with E-state index in [-0.39, 0.29) is 13.2 Å². The minimum absolute atomic E-state index is 0.127. The summed E-state index contributed by atoms with van der Waals surface area (Å²) < 4.78 is 24.7. The van der Waals surface area contributed by atoms with Crippen LogP contribution in [-0.2, 0) is 0 Å². The van der Waals surface area contributed by atoms with Gasteiger partial charge in [0, 0.05) is 6.54 Å². The number of halogens is 2. The standard InChI is InChI=1S/C10H15F2N3O/c1-7-4-8(13)5-14-10(7)15(2-3-16)6-9(11)12/h4-5,9,16H,2-3,6,13H2,1H3. The second-order valence-corrected chi connectivity index (χ2v) is 3.47. The lowest BCUT2D eigenvalue weighted by Crippen LogP contribution is -2.32. The van der Waals surface area contributed by atoms with Gasteiger partial charge in [0.2, 0.25) is 0 Å². The first-order valence-electron chi connectivity index (χ1n) is 4.90. The van der Waals surface area contributed by atoms with Gasteiger partial charge >= 0.3 is 0 Å². The van der Waals surface area contributed by atoms with Crippen LogP contribution in [0.25, 0.3) is 0 Å². The zero-order valence-electron chi connectivity index (χ0n) is 9.03. The number of pyridine rings is 1. The van der Waals surface area contributed by atoms with Crippen molar-refractivity contribution in [2.45, 2.75) is 13.3 Å². The molecule has 0 unspecified atom stereocenters. The Balaban J connectivity index is 2.91. The van der Waals surface area contributed by atoms with E-state index < -0.39 is 13.0 Å². The number of aliphatic hydroxyl groups excluding tert-OH is 1. The number of hydrogen-bond donors (Lipinski definition) is 2. The number of nitrogens with zero attached hydrogens (tertiary/aromatic N) is 2. The average Bonchev–Trinajstić information content (AvgIpc) is 2.16. The van der Waals surface area contributed by atoms with Crippen molar-refractivity contribution in [3.63, 3.8) is 0 Å². The predicted octanol–water partition coefficient (Wildman–Crippen LogP) is 1.04. The van der Waals surface area contributed by atoms with E-state index in [1.54, 1.807) is 13.0 Å². The molecule has 0 saturated heterocycles. The van der Waals surface area contributed by atoms with Crippen LogP contribution in [0.15, 0.2) is 12.3 Å². The monoisotopic (exact) mass is 231 g/mol. The van der Waals surface area contributed by atoms with Gasteiger partial charge in [-0.25, -0.2) is 13.8 Å². The largest absolute Gasteiger partial charge is 0.397 e. The van der Waals surface area contributed by atoms with E-state index in [2.05, 4.69) is 4.98 Å². The number of aliphatic hydroxyl groups is 1. The van der Waals surface area contributed by atoms with Crippen LogP contribution in [0, 0.1) is 6.92 Å². The molecule has 0 radical (unpaired) electrons. The Labute approximate surface area is 92.7 Å². The average molecular weight is 231 g/mol. The number of aryl methyl sites for hydroxylation is 1. The third-order valence-electron chi connectivity index (χ3n) is 2.10. The van der Waals surface area contributed by atoms with Gasteiger partial charge in [-0.2, -0.15) is 0 Å². The Hall–Kier alpha value is -1.43. The van der Waals surface area contributed by atoms with Crippen molar-refractivity contribution in [2.24, 2.45) is 0 Å². The molecule has 0 bridgehead atoms. The van der Waals surface area contributed by atoms with Gasteiger partial charge < -0.3 is 15.7 Å². The number of anilines is 2. The van der Waals surface area contributed by atoms with Gasteiger partial charge in [-0.15, -0.1) is 0 Å². The molecule has 0 fully saturated rings. The molecule has 1 rings (SSSR count). The molecule has 1 aromatic rings. The van der Waals surface area contributed by atoms with Crippen LogP contribution in [-0.4, -0.2) is 36.2 Å². The van der Waals surface area contributed by atoms with Gasteiger partial charge in [-0.3, -0.25) is 0 Å². The zero-order valence-corrected chi connectivity index (χ0v) is 9.03.